The van der Waals surface area contributed by atoms with Gasteiger partial charge in [-0.3, -0.25) is 19.1 Å². The summed E-state index contributed by atoms with van der Waals surface area (Å²) in [5.41, 5.74) is 3.33. The Balaban J connectivity index is 1.39. The first-order valence-corrected chi connectivity index (χ1v) is 21.0. The number of rotatable bonds is 11. The summed E-state index contributed by atoms with van der Waals surface area (Å²) in [5.74, 6) is 0.788. The molecule has 17 heteroatoms. The van der Waals surface area contributed by atoms with Gasteiger partial charge < -0.3 is 15.1 Å². The van der Waals surface area contributed by atoms with Crippen molar-refractivity contribution >= 4 is 65.8 Å². The van der Waals surface area contributed by atoms with Crippen molar-refractivity contribution in [1.82, 2.24) is 19.6 Å². The van der Waals surface area contributed by atoms with E-state index in [0.29, 0.717) is 28.7 Å². The fourth-order valence-corrected chi connectivity index (χ4v) is 8.65. The maximum absolute atomic E-state index is 13.7. The summed E-state index contributed by atoms with van der Waals surface area (Å²) in [7, 11) is -5.40. The van der Waals surface area contributed by atoms with Crippen molar-refractivity contribution < 1.29 is 26.4 Å². The van der Waals surface area contributed by atoms with E-state index in [0.717, 1.165) is 57.0 Å². The van der Waals surface area contributed by atoms with Crippen LogP contribution in [0.1, 0.15) is 56.8 Å². The zero-order chi connectivity index (χ0) is 37.5. The maximum atomic E-state index is 13.7. The van der Waals surface area contributed by atoms with Crippen LogP contribution < -0.4 is 19.8 Å². The number of sulfonamides is 2. The lowest BCUT2D eigenvalue weighted by molar-refractivity contribution is -0.0249. The number of nitrogens with zero attached hydrogens (tertiary/aromatic N) is 5. The van der Waals surface area contributed by atoms with Crippen LogP contribution >= 0.6 is 0 Å². The molecule has 3 heterocycles. The molecule has 1 saturated heterocycles. The van der Waals surface area contributed by atoms with Crippen LogP contribution in [0.5, 0.6) is 0 Å². The normalized spacial score (nSPS) is 21.1. The summed E-state index contributed by atoms with van der Waals surface area (Å²) in [4.78, 5) is 22.1. The number of hydrazine groups is 1. The molecule has 278 valence electrons. The van der Waals surface area contributed by atoms with Crippen molar-refractivity contribution in [2.75, 3.05) is 52.4 Å². The van der Waals surface area contributed by atoms with Gasteiger partial charge in [-0.05, 0) is 79.8 Å². The Morgan fingerprint density at radius 1 is 0.962 bits per heavy atom. The molecule has 0 spiro atoms. The minimum Gasteiger partial charge on any atom is -0.459 e. The van der Waals surface area contributed by atoms with E-state index in [-0.39, 0.29) is 46.2 Å². The first-order valence-electron chi connectivity index (χ1n) is 17.2. The highest BCUT2D eigenvalue weighted by molar-refractivity contribution is 7.92. The minimum atomic E-state index is -3.68. The zero-order valence-corrected chi connectivity index (χ0v) is 31.7. The Kier molecular flexibility index (Phi) is 10.2. The number of nitrogens with one attached hydrogen (secondary N) is 4. The number of benzene rings is 2. The molecule has 2 fully saturated rings. The molecule has 0 bridgehead atoms. The summed E-state index contributed by atoms with van der Waals surface area (Å²) in [6.45, 7) is 15.9. The van der Waals surface area contributed by atoms with Crippen LogP contribution in [-0.2, 0) is 24.8 Å². The van der Waals surface area contributed by atoms with E-state index in [1.807, 2.05) is 30.3 Å². The van der Waals surface area contributed by atoms with Gasteiger partial charge in [0.25, 0.3) is 0 Å². The van der Waals surface area contributed by atoms with Gasteiger partial charge in [0, 0.05) is 37.6 Å². The molecule has 6 rings (SSSR count). The summed E-state index contributed by atoms with van der Waals surface area (Å²) in [6, 6.07) is 10.2. The molecule has 1 aliphatic heterocycles. The highest BCUT2D eigenvalue weighted by atomic mass is 32.2. The maximum Gasteiger partial charge on any atom is 0.331 e. The van der Waals surface area contributed by atoms with Crippen LogP contribution in [0, 0.1) is 24.3 Å². The van der Waals surface area contributed by atoms with Gasteiger partial charge in [0.15, 0.2) is 11.5 Å². The van der Waals surface area contributed by atoms with Crippen LogP contribution in [0.15, 0.2) is 42.6 Å². The Labute approximate surface area is 304 Å². The second-order valence-electron chi connectivity index (χ2n) is 14.3. The van der Waals surface area contributed by atoms with Crippen LogP contribution in [0.4, 0.5) is 34.1 Å². The summed E-state index contributed by atoms with van der Waals surface area (Å²) in [5, 5.41) is 10.8. The molecule has 2 aliphatic rings. The molecule has 2 aromatic carbocycles. The first kappa shape index (κ1) is 37.0. The molecular weight excluding hydrogens is 707 g/mol. The van der Waals surface area contributed by atoms with Crippen molar-refractivity contribution in [3.63, 3.8) is 0 Å². The Morgan fingerprint density at radius 2 is 1.56 bits per heavy atom. The van der Waals surface area contributed by atoms with Gasteiger partial charge in [-0.2, -0.15) is 0 Å². The van der Waals surface area contributed by atoms with E-state index in [4.69, 9.17) is 16.3 Å². The highest BCUT2D eigenvalue weighted by Gasteiger charge is 2.36. The second kappa shape index (κ2) is 14.3. The quantitative estimate of drug-likeness (QED) is 0.105. The Bertz CT molecular complexity index is 2190. The predicted octanol–water partition coefficient (Wildman–Crippen LogP) is 6.04. The number of carbonyl (C=O) groups excluding carboxylic acids is 1. The van der Waals surface area contributed by atoms with Gasteiger partial charge in [0.1, 0.15) is 11.7 Å². The van der Waals surface area contributed by atoms with Gasteiger partial charge in [-0.1, -0.05) is 20.8 Å². The second-order valence-corrected chi connectivity index (χ2v) is 17.8. The number of fused-ring (bicyclic) bond motifs is 1. The molecule has 2 aromatic heterocycles. The first-order chi connectivity index (χ1) is 24.5. The number of aromatic amines is 1. The number of carbonyl (C=O) groups is 1. The average molecular weight is 752 g/mol. The summed E-state index contributed by atoms with van der Waals surface area (Å²) < 4.78 is 60.9. The third-order valence-electron chi connectivity index (χ3n) is 9.58. The lowest BCUT2D eigenvalue weighted by Crippen LogP contribution is -2.37. The molecule has 15 nitrogen and oxygen atoms in total. The van der Waals surface area contributed by atoms with Crippen LogP contribution in [0.25, 0.3) is 21.9 Å². The lowest BCUT2D eigenvalue weighted by Gasteiger charge is -2.37. The van der Waals surface area contributed by atoms with Crippen LogP contribution in [0.3, 0.4) is 0 Å². The molecule has 52 heavy (non-hydrogen) atoms. The highest BCUT2D eigenvalue weighted by Crippen LogP contribution is 2.38. The molecule has 0 radical (unpaired) electrons. The minimum absolute atomic E-state index is 0.111. The van der Waals surface area contributed by atoms with E-state index >= 15 is 0 Å². The number of hydrogen-bond donors (Lipinski definition) is 4. The van der Waals surface area contributed by atoms with E-state index in [2.05, 4.69) is 50.5 Å². The van der Waals surface area contributed by atoms with E-state index in [1.165, 1.54) is 12.3 Å². The third kappa shape index (κ3) is 8.30. The van der Waals surface area contributed by atoms with Crippen molar-refractivity contribution in [3.8, 4) is 11.4 Å². The number of esters is 1. The predicted molar refractivity (Wildman–Crippen MR) is 203 cm³/mol. The smallest absolute Gasteiger partial charge is 0.331 e. The fourth-order valence-electron chi connectivity index (χ4n) is 7.56. The van der Waals surface area contributed by atoms with Gasteiger partial charge in [0.2, 0.25) is 25.7 Å². The molecule has 1 aliphatic carbocycles. The molecule has 2 atom stereocenters. The Morgan fingerprint density at radius 3 is 2.13 bits per heavy atom. The van der Waals surface area contributed by atoms with Crippen LogP contribution in [0.2, 0.25) is 0 Å². The number of ether oxygens (including phenoxy) is 1. The SMILES string of the molecule is [C-]#[N+]c1cn2[nH]c(-c3ccc(N(C)N4CCCC4)c(Nc4cc(NS(C)(=O)=O)cc(NS(C)(=O)=O)c4)c3)nc2c1C(=O)OC1C(C)CC(C)CC1C. The topological polar surface area (TPSA) is 175 Å². The van der Waals surface area contributed by atoms with Crippen molar-refractivity contribution in [3.05, 3.63) is 59.6 Å². The van der Waals surface area contributed by atoms with Crippen LogP contribution in [-0.4, -0.2) is 81.2 Å². The lowest BCUT2D eigenvalue weighted by atomic mass is 9.75. The standard InChI is InChI=1S/C35H45N9O6S2/c1-21-14-22(2)32(23(3)15-21)50-35(45)31-29(36-4)20-44-34(31)38-33(39-44)24-10-11-30(42(5)43-12-8-9-13-43)28(16-24)37-25-17-26(40-51(6,46)47)19-27(18-25)41-52(7,48)49/h10-11,16-23,32,37,40-41H,8-9,12-15H2,1-3,5-7H3,(H,38,39). The van der Waals surface area contributed by atoms with Gasteiger partial charge >= 0.3 is 5.97 Å². The number of anilines is 5. The largest absolute Gasteiger partial charge is 0.459 e. The molecule has 4 aromatic rings. The molecule has 4 N–H and O–H groups in total. The molecule has 2 unspecified atom stereocenters. The van der Waals surface area contributed by atoms with Gasteiger partial charge in [-0.15, -0.1) is 0 Å². The molecule has 0 amide bonds. The number of hydrogen-bond acceptors (Lipinski definition) is 10. The Hall–Kier alpha value is -4.79. The van der Waals surface area contributed by atoms with Gasteiger partial charge in [0.05, 0.1) is 41.8 Å². The third-order valence-corrected chi connectivity index (χ3v) is 10.8. The van der Waals surface area contributed by atoms with Gasteiger partial charge in [-0.25, -0.2) is 36.5 Å². The van der Waals surface area contributed by atoms with Crippen molar-refractivity contribution in [2.24, 2.45) is 17.8 Å². The van der Waals surface area contributed by atoms with E-state index < -0.39 is 26.0 Å². The average Bonchev–Trinajstić information content (AvgIpc) is 3.78. The summed E-state index contributed by atoms with van der Waals surface area (Å²) >= 11 is 0. The molecular formula is C35H45N9O6S2. The number of aromatic nitrogens is 3. The number of H-pyrrole nitrogens is 1. The van der Waals surface area contributed by atoms with E-state index in [1.54, 1.807) is 16.6 Å². The van der Waals surface area contributed by atoms with Crippen molar-refractivity contribution in [1.29, 1.82) is 0 Å². The summed E-state index contributed by atoms with van der Waals surface area (Å²) in [6.07, 6.45) is 7.33. The molecule has 1 saturated carbocycles. The fraction of sp³-hybridized carbons (Fsp3) is 0.457. The zero-order valence-electron chi connectivity index (χ0n) is 30.1. The van der Waals surface area contributed by atoms with Crippen molar-refractivity contribution in [2.45, 2.75) is 52.6 Å². The van der Waals surface area contributed by atoms with E-state index in [9.17, 15) is 21.6 Å². The monoisotopic (exact) mass is 751 g/mol.